The summed E-state index contributed by atoms with van der Waals surface area (Å²) >= 11 is 0. The number of halogens is 1. The van der Waals surface area contributed by atoms with Gasteiger partial charge in [-0.15, -0.1) is 0 Å². The van der Waals surface area contributed by atoms with Crippen molar-refractivity contribution >= 4 is 12.0 Å². The van der Waals surface area contributed by atoms with E-state index in [0.717, 1.165) is 0 Å². The minimum Gasteiger partial charge on any atom is -0.370 e. The number of nitrogens with zero attached hydrogens (tertiary/aromatic N) is 1. The number of amides is 2. The number of nitrogens with two attached hydrogens (primary N) is 2. The van der Waals surface area contributed by atoms with E-state index in [4.69, 9.17) is 11.5 Å². The molecule has 1 rings (SSSR count). The number of carbonyl (C=O) groups excluding carboxylic acids is 1. The van der Waals surface area contributed by atoms with E-state index in [1.165, 1.54) is 6.07 Å². The Balaban J connectivity index is 2.55. The SMILES string of the molecule is NC(N)=NC(=O)NCc1ccccc1F. The van der Waals surface area contributed by atoms with Crippen LogP contribution in [0.25, 0.3) is 0 Å². The predicted molar refractivity (Wildman–Crippen MR) is 54.4 cm³/mol. The number of nitrogens with one attached hydrogen (secondary N) is 1. The summed E-state index contributed by atoms with van der Waals surface area (Å²) in [6.07, 6.45) is 0. The molecule has 0 spiro atoms. The van der Waals surface area contributed by atoms with Crippen molar-refractivity contribution in [2.75, 3.05) is 0 Å². The number of aliphatic imine (C=N–C) groups is 1. The standard InChI is InChI=1S/C9H11FN4O/c10-7-4-2-1-3-6(7)5-13-9(15)14-8(11)12/h1-4H,5H2,(H5,11,12,13,14,15). The lowest BCUT2D eigenvalue weighted by Gasteiger charge is -2.02. The van der Waals surface area contributed by atoms with Gasteiger partial charge in [0.05, 0.1) is 0 Å². The number of rotatable bonds is 2. The molecule has 0 heterocycles. The van der Waals surface area contributed by atoms with E-state index >= 15 is 0 Å². The Morgan fingerprint density at radius 3 is 2.67 bits per heavy atom. The Hall–Kier alpha value is -2.11. The maximum absolute atomic E-state index is 13.1. The van der Waals surface area contributed by atoms with Crippen LogP contribution in [0.5, 0.6) is 0 Å². The number of carbonyl (C=O) groups is 1. The molecule has 1 aromatic carbocycles. The largest absolute Gasteiger partial charge is 0.370 e. The molecule has 0 bridgehead atoms. The highest BCUT2D eigenvalue weighted by atomic mass is 19.1. The second kappa shape index (κ2) is 4.94. The second-order valence-electron chi connectivity index (χ2n) is 2.79. The lowest BCUT2D eigenvalue weighted by Crippen LogP contribution is -2.28. The molecule has 5 nitrogen and oxygen atoms in total. The molecule has 0 saturated heterocycles. The summed E-state index contributed by atoms with van der Waals surface area (Å²) in [4.78, 5) is 14.2. The average Bonchev–Trinajstić information content (AvgIpc) is 2.15. The summed E-state index contributed by atoms with van der Waals surface area (Å²) in [5.74, 6) is -0.719. The quantitative estimate of drug-likeness (QED) is 0.484. The Kier molecular flexibility index (Phi) is 3.61. The van der Waals surface area contributed by atoms with E-state index in [9.17, 15) is 9.18 Å². The molecule has 0 aromatic heterocycles. The highest BCUT2D eigenvalue weighted by Crippen LogP contribution is 2.05. The minimum atomic E-state index is -0.696. The fourth-order valence-corrected chi connectivity index (χ4v) is 0.969. The molecule has 80 valence electrons. The Bertz CT molecular complexity index is 387. The van der Waals surface area contributed by atoms with Gasteiger partial charge >= 0.3 is 6.03 Å². The van der Waals surface area contributed by atoms with Gasteiger partial charge in [-0.1, -0.05) is 18.2 Å². The van der Waals surface area contributed by atoms with Crippen LogP contribution < -0.4 is 16.8 Å². The molecule has 5 N–H and O–H groups in total. The highest BCUT2D eigenvalue weighted by molar-refractivity contribution is 5.90. The summed E-state index contributed by atoms with van der Waals surface area (Å²) in [7, 11) is 0. The van der Waals surface area contributed by atoms with Gasteiger partial charge in [-0.2, -0.15) is 4.99 Å². The molecule has 1 aromatic rings. The van der Waals surface area contributed by atoms with Crippen molar-refractivity contribution < 1.29 is 9.18 Å². The Morgan fingerprint density at radius 1 is 1.40 bits per heavy atom. The van der Waals surface area contributed by atoms with Gasteiger partial charge in [0.2, 0.25) is 0 Å². The molecule has 0 aliphatic carbocycles. The van der Waals surface area contributed by atoms with Crippen LogP contribution >= 0.6 is 0 Å². The fourth-order valence-electron chi connectivity index (χ4n) is 0.969. The molecule has 6 heteroatoms. The van der Waals surface area contributed by atoms with E-state index in [-0.39, 0.29) is 18.3 Å². The van der Waals surface area contributed by atoms with Gasteiger partial charge in [0.1, 0.15) is 5.82 Å². The highest BCUT2D eigenvalue weighted by Gasteiger charge is 2.02. The maximum Gasteiger partial charge on any atom is 0.344 e. The van der Waals surface area contributed by atoms with Gasteiger partial charge in [0, 0.05) is 12.1 Å². The van der Waals surface area contributed by atoms with Gasteiger partial charge in [0.25, 0.3) is 0 Å². The van der Waals surface area contributed by atoms with E-state index in [1.54, 1.807) is 18.2 Å². The number of hydrogen-bond donors (Lipinski definition) is 3. The van der Waals surface area contributed by atoms with Crippen molar-refractivity contribution in [2.45, 2.75) is 6.54 Å². The number of urea groups is 1. The average molecular weight is 210 g/mol. The lowest BCUT2D eigenvalue weighted by molar-refractivity contribution is 0.249. The number of hydrogen-bond acceptors (Lipinski definition) is 1. The van der Waals surface area contributed by atoms with E-state index < -0.39 is 6.03 Å². The maximum atomic E-state index is 13.1. The topological polar surface area (TPSA) is 93.5 Å². The number of guanidine groups is 1. The zero-order valence-corrected chi connectivity index (χ0v) is 7.90. The van der Waals surface area contributed by atoms with Crippen LogP contribution in [0.1, 0.15) is 5.56 Å². The van der Waals surface area contributed by atoms with Gasteiger partial charge in [-0.3, -0.25) is 0 Å². The molecule has 15 heavy (non-hydrogen) atoms. The third kappa shape index (κ3) is 3.63. The van der Waals surface area contributed by atoms with Crippen molar-refractivity contribution in [3.05, 3.63) is 35.6 Å². The Morgan fingerprint density at radius 2 is 2.07 bits per heavy atom. The zero-order chi connectivity index (χ0) is 11.3. The van der Waals surface area contributed by atoms with Crippen molar-refractivity contribution in [1.82, 2.24) is 5.32 Å². The summed E-state index contributed by atoms with van der Waals surface area (Å²) in [5, 5.41) is 2.34. The van der Waals surface area contributed by atoms with Crippen LogP contribution in [0.3, 0.4) is 0 Å². The van der Waals surface area contributed by atoms with Gasteiger partial charge in [0.15, 0.2) is 5.96 Å². The first-order valence-electron chi connectivity index (χ1n) is 4.20. The van der Waals surface area contributed by atoms with Crippen LogP contribution in [0.15, 0.2) is 29.3 Å². The fraction of sp³-hybridized carbons (Fsp3) is 0.111. The predicted octanol–water partition coefficient (Wildman–Crippen LogP) is 0.309. The van der Waals surface area contributed by atoms with Crippen molar-refractivity contribution in [2.24, 2.45) is 16.5 Å². The van der Waals surface area contributed by atoms with Crippen LogP contribution in [-0.4, -0.2) is 12.0 Å². The number of benzene rings is 1. The monoisotopic (exact) mass is 210 g/mol. The van der Waals surface area contributed by atoms with Gasteiger partial charge in [-0.05, 0) is 6.07 Å². The van der Waals surface area contributed by atoms with Crippen LogP contribution in [-0.2, 0) is 6.54 Å². The molecule has 0 fully saturated rings. The summed E-state index contributed by atoms with van der Waals surface area (Å²) in [5.41, 5.74) is 10.3. The molecule has 0 aliphatic rings. The van der Waals surface area contributed by atoms with Gasteiger partial charge in [-0.25, -0.2) is 9.18 Å². The molecule has 0 radical (unpaired) electrons. The molecular formula is C9H11FN4O. The molecule has 0 aliphatic heterocycles. The Labute approximate surface area is 86.0 Å². The molecule has 0 saturated carbocycles. The third-order valence-corrected chi connectivity index (χ3v) is 1.62. The van der Waals surface area contributed by atoms with E-state index in [2.05, 4.69) is 10.3 Å². The smallest absolute Gasteiger partial charge is 0.344 e. The van der Waals surface area contributed by atoms with E-state index in [1.807, 2.05) is 0 Å². The summed E-state index contributed by atoms with van der Waals surface area (Å²) in [6.45, 7) is 0.0439. The lowest BCUT2D eigenvalue weighted by atomic mass is 10.2. The molecular weight excluding hydrogens is 199 g/mol. The zero-order valence-electron chi connectivity index (χ0n) is 7.90. The first kappa shape index (κ1) is 11.0. The summed E-state index contributed by atoms with van der Waals surface area (Å²) < 4.78 is 13.1. The van der Waals surface area contributed by atoms with Crippen LogP contribution in [0.2, 0.25) is 0 Å². The van der Waals surface area contributed by atoms with Crippen LogP contribution in [0.4, 0.5) is 9.18 Å². The summed E-state index contributed by atoms with van der Waals surface area (Å²) in [6, 6.07) is 5.41. The normalized spacial score (nSPS) is 9.40. The van der Waals surface area contributed by atoms with E-state index in [0.29, 0.717) is 5.56 Å². The third-order valence-electron chi connectivity index (χ3n) is 1.62. The van der Waals surface area contributed by atoms with Crippen molar-refractivity contribution in [1.29, 1.82) is 0 Å². The minimum absolute atomic E-state index is 0.0439. The molecule has 2 amide bonds. The first-order valence-corrected chi connectivity index (χ1v) is 4.20. The van der Waals surface area contributed by atoms with Crippen LogP contribution in [0, 0.1) is 5.82 Å². The van der Waals surface area contributed by atoms with Gasteiger partial charge < -0.3 is 16.8 Å². The second-order valence-corrected chi connectivity index (χ2v) is 2.79. The molecule has 0 atom stereocenters. The first-order chi connectivity index (χ1) is 7.09. The van der Waals surface area contributed by atoms with Crippen molar-refractivity contribution in [3.63, 3.8) is 0 Å². The van der Waals surface area contributed by atoms with Crippen molar-refractivity contribution in [3.8, 4) is 0 Å². The molecule has 0 unspecified atom stereocenters.